The van der Waals surface area contributed by atoms with E-state index >= 15 is 0 Å². The molecule has 2 rings (SSSR count). The van der Waals surface area contributed by atoms with Crippen molar-refractivity contribution in [2.75, 3.05) is 0 Å². The van der Waals surface area contributed by atoms with Crippen LogP contribution in [0.5, 0.6) is 0 Å². The molecule has 3 nitrogen and oxygen atoms in total. The lowest BCUT2D eigenvalue weighted by molar-refractivity contribution is 0.147. The summed E-state index contributed by atoms with van der Waals surface area (Å²) in [5, 5.41) is 8.60. The Bertz CT molecular complexity index is 304. The first kappa shape index (κ1) is 8.26. The summed E-state index contributed by atoms with van der Waals surface area (Å²) < 4.78 is 23.2. The van der Waals surface area contributed by atoms with E-state index in [1.54, 1.807) is 6.08 Å². The number of aliphatic hydroxyl groups excluding tert-OH is 1. The zero-order valence-electron chi connectivity index (χ0n) is 6.68. The molecule has 12 heavy (non-hydrogen) atoms. The molecule has 0 aromatic heterocycles. The zero-order valence-corrected chi connectivity index (χ0v) is 7.50. The van der Waals surface area contributed by atoms with E-state index < -0.39 is 21.2 Å². The van der Waals surface area contributed by atoms with E-state index in [1.807, 2.05) is 6.08 Å². The fourth-order valence-corrected chi connectivity index (χ4v) is 4.19. The van der Waals surface area contributed by atoms with Crippen molar-refractivity contribution in [3.05, 3.63) is 12.2 Å². The van der Waals surface area contributed by atoms with E-state index in [0.29, 0.717) is 19.3 Å². The predicted molar refractivity (Wildman–Crippen MR) is 45.5 cm³/mol. The second kappa shape index (κ2) is 2.57. The minimum atomic E-state index is -3.05. The van der Waals surface area contributed by atoms with Crippen LogP contribution in [0.4, 0.5) is 0 Å². The molecule has 3 atom stereocenters. The molecular weight excluding hydrogens is 176 g/mol. The first-order chi connectivity index (χ1) is 5.62. The van der Waals surface area contributed by atoms with Gasteiger partial charge in [0.05, 0.1) is 16.6 Å². The molecule has 1 fully saturated rings. The highest BCUT2D eigenvalue weighted by molar-refractivity contribution is 7.93. The van der Waals surface area contributed by atoms with Crippen LogP contribution in [0.3, 0.4) is 0 Å². The molecule has 0 radical (unpaired) electrons. The quantitative estimate of drug-likeness (QED) is 0.554. The van der Waals surface area contributed by atoms with E-state index in [9.17, 15) is 13.5 Å². The van der Waals surface area contributed by atoms with E-state index in [4.69, 9.17) is 0 Å². The molecule has 2 heterocycles. The summed E-state index contributed by atoms with van der Waals surface area (Å²) in [5.41, 5.74) is 0. The lowest BCUT2D eigenvalue weighted by atomic mass is 10.0. The molecule has 0 saturated carbocycles. The third-order valence-electron chi connectivity index (χ3n) is 2.74. The third-order valence-corrected chi connectivity index (χ3v) is 5.33. The molecule has 2 bridgehead atoms. The monoisotopic (exact) mass is 188 g/mol. The van der Waals surface area contributed by atoms with Gasteiger partial charge in [-0.15, -0.1) is 0 Å². The van der Waals surface area contributed by atoms with Gasteiger partial charge in [-0.3, -0.25) is 0 Å². The maximum absolute atomic E-state index is 11.6. The number of hydrogen-bond donors (Lipinski definition) is 1. The van der Waals surface area contributed by atoms with Gasteiger partial charge < -0.3 is 5.11 Å². The molecule has 0 amide bonds. The topological polar surface area (TPSA) is 54.4 Å². The average molecular weight is 188 g/mol. The number of aliphatic hydroxyl groups is 1. The molecular formula is C8H12O3S. The molecule has 3 unspecified atom stereocenters. The largest absolute Gasteiger partial charge is 0.392 e. The van der Waals surface area contributed by atoms with Gasteiger partial charge in [0.1, 0.15) is 0 Å². The molecule has 0 spiro atoms. The van der Waals surface area contributed by atoms with E-state index in [2.05, 4.69) is 0 Å². The second-order valence-corrected chi connectivity index (χ2v) is 5.86. The number of fused-ring (bicyclic) bond motifs is 2. The molecule has 68 valence electrons. The van der Waals surface area contributed by atoms with Gasteiger partial charge in [-0.05, 0) is 19.3 Å². The van der Waals surface area contributed by atoms with Crippen LogP contribution in [0.25, 0.3) is 0 Å². The summed E-state index contributed by atoms with van der Waals surface area (Å²) in [6.45, 7) is 0. The van der Waals surface area contributed by atoms with Gasteiger partial charge in [-0.2, -0.15) is 0 Å². The third kappa shape index (κ3) is 1.02. The molecule has 1 N–H and O–H groups in total. The van der Waals surface area contributed by atoms with Gasteiger partial charge >= 0.3 is 0 Å². The number of allylic oxidation sites excluding steroid dienone is 1. The van der Waals surface area contributed by atoms with Gasteiger partial charge in [0.15, 0.2) is 9.84 Å². The Morgan fingerprint density at radius 2 is 2.08 bits per heavy atom. The molecule has 0 aliphatic carbocycles. The van der Waals surface area contributed by atoms with Crippen molar-refractivity contribution in [1.29, 1.82) is 0 Å². The van der Waals surface area contributed by atoms with Crippen LogP contribution in [0.1, 0.15) is 19.3 Å². The smallest absolute Gasteiger partial charge is 0.162 e. The van der Waals surface area contributed by atoms with Crippen molar-refractivity contribution in [1.82, 2.24) is 0 Å². The Hall–Kier alpha value is -0.350. The summed E-state index contributed by atoms with van der Waals surface area (Å²) >= 11 is 0. The summed E-state index contributed by atoms with van der Waals surface area (Å²) in [5.74, 6) is 0. The Labute approximate surface area is 72.0 Å². The molecule has 0 aromatic rings. The molecule has 2 aliphatic rings. The lowest BCUT2D eigenvalue weighted by Crippen LogP contribution is -2.46. The van der Waals surface area contributed by atoms with Crippen molar-refractivity contribution in [2.45, 2.75) is 35.9 Å². The van der Waals surface area contributed by atoms with Gasteiger partial charge in [0.2, 0.25) is 0 Å². The Balaban J connectivity index is 2.44. The number of rotatable bonds is 0. The highest BCUT2D eigenvalue weighted by atomic mass is 32.2. The van der Waals surface area contributed by atoms with Crippen LogP contribution in [0, 0.1) is 0 Å². The highest BCUT2D eigenvalue weighted by Crippen LogP contribution is 2.32. The van der Waals surface area contributed by atoms with E-state index in [0.717, 1.165) is 0 Å². The Morgan fingerprint density at radius 3 is 2.75 bits per heavy atom. The normalized spacial score (nSPS) is 44.2. The summed E-state index contributed by atoms with van der Waals surface area (Å²) in [4.78, 5) is 0. The SMILES string of the molecule is O=S1(=O)C2C=CCC1C(O)CC2. The van der Waals surface area contributed by atoms with Crippen LogP contribution in [-0.2, 0) is 9.84 Å². The Kier molecular flexibility index (Phi) is 1.77. The minimum Gasteiger partial charge on any atom is -0.392 e. The van der Waals surface area contributed by atoms with E-state index in [-0.39, 0.29) is 5.25 Å². The summed E-state index contributed by atoms with van der Waals surface area (Å²) in [6.07, 6.45) is 4.68. The summed E-state index contributed by atoms with van der Waals surface area (Å²) in [7, 11) is -3.05. The molecule has 2 aliphatic heterocycles. The fraction of sp³-hybridized carbons (Fsp3) is 0.750. The van der Waals surface area contributed by atoms with E-state index in [1.165, 1.54) is 0 Å². The van der Waals surface area contributed by atoms with Gasteiger partial charge in [0, 0.05) is 0 Å². The average Bonchev–Trinajstić information content (AvgIpc) is 1.95. The second-order valence-electron chi connectivity index (χ2n) is 3.47. The van der Waals surface area contributed by atoms with Gasteiger partial charge in [-0.25, -0.2) is 8.42 Å². The van der Waals surface area contributed by atoms with Crippen LogP contribution in [-0.4, -0.2) is 30.1 Å². The highest BCUT2D eigenvalue weighted by Gasteiger charge is 2.42. The van der Waals surface area contributed by atoms with Crippen molar-refractivity contribution in [3.8, 4) is 0 Å². The van der Waals surface area contributed by atoms with Crippen LogP contribution in [0.15, 0.2) is 12.2 Å². The molecule has 0 aromatic carbocycles. The van der Waals surface area contributed by atoms with Gasteiger partial charge in [0.25, 0.3) is 0 Å². The summed E-state index contributed by atoms with van der Waals surface area (Å²) in [6, 6.07) is 0. The predicted octanol–water partition coefficient (Wildman–Crippen LogP) is 0.253. The van der Waals surface area contributed by atoms with Crippen LogP contribution < -0.4 is 0 Å². The molecule has 1 saturated heterocycles. The van der Waals surface area contributed by atoms with Crippen molar-refractivity contribution in [3.63, 3.8) is 0 Å². The fourth-order valence-electron chi connectivity index (χ4n) is 1.99. The number of sulfone groups is 1. The van der Waals surface area contributed by atoms with Crippen LogP contribution in [0.2, 0.25) is 0 Å². The van der Waals surface area contributed by atoms with Crippen LogP contribution >= 0.6 is 0 Å². The Morgan fingerprint density at radius 1 is 1.33 bits per heavy atom. The standard InChI is InChI=1S/C8H12O3S/c9-7-5-4-6-2-1-3-8(7)12(6,10)11/h1-2,6-9H,3-5H2. The maximum atomic E-state index is 11.6. The first-order valence-electron chi connectivity index (χ1n) is 4.20. The van der Waals surface area contributed by atoms with Crippen molar-refractivity contribution >= 4 is 9.84 Å². The first-order valence-corrected chi connectivity index (χ1v) is 5.81. The maximum Gasteiger partial charge on any atom is 0.162 e. The number of hydrogen-bond acceptors (Lipinski definition) is 3. The zero-order chi connectivity index (χ0) is 8.77. The minimum absolute atomic E-state index is 0.320. The lowest BCUT2D eigenvalue weighted by Gasteiger charge is -2.34. The van der Waals surface area contributed by atoms with Crippen molar-refractivity contribution in [2.24, 2.45) is 0 Å². The van der Waals surface area contributed by atoms with Gasteiger partial charge in [-0.1, -0.05) is 12.2 Å². The molecule has 4 heteroatoms. The van der Waals surface area contributed by atoms with Crippen molar-refractivity contribution < 1.29 is 13.5 Å².